The molecule has 0 radical (unpaired) electrons. The zero-order valence-corrected chi connectivity index (χ0v) is 26.5. The van der Waals surface area contributed by atoms with E-state index >= 15 is 0 Å². The zero-order valence-electron chi connectivity index (χ0n) is 26.5. The van der Waals surface area contributed by atoms with Crippen molar-refractivity contribution in [3.63, 3.8) is 0 Å². The van der Waals surface area contributed by atoms with Crippen molar-refractivity contribution in [3.05, 3.63) is 131 Å². The van der Waals surface area contributed by atoms with Gasteiger partial charge in [0.2, 0.25) is 0 Å². The Morgan fingerprint density at radius 3 is 2.24 bits per heavy atom. The summed E-state index contributed by atoms with van der Waals surface area (Å²) in [6, 6.07) is 25.7. The number of nitrogens with zero attached hydrogens (tertiary/aromatic N) is 1. The third-order valence-corrected chi connectivity index (χ3v) is 8.33. The Kier molecular flexibility index (Phi) is 11.1. The number of anilines is 1. The lowest BCUT2D eigenvalue weighted by atomic mass is 9.93. The Labute approximate surface area is 281 Å². The maximum atomic E-state index is 13.8. The van der Waals surface area contributed by atoms with Crippen LogP contribution in [-0.4, -0.2) is 40.8 Å². The zero-order chi connectivity index (χ0) is 35.0. The first-order chi connectivity index (χ1) is 23.5. The molecule has 0 saturated heterocycles. The van der Waals surface area contributed by atoms with Crippen LogP contribution in [0.2, 0.25) is 0 Å². The number of allylic oxidation sites excluding steroid dienone is 2. The highest BCUT2D eigenvalue weighted by Crippen LogP contribution is 2.33. The van der Waals surface area contributed by atoms with E-state index in [1.807, 2.05) is 24.3 Å². The number of carboxylic acids is 1. The highest BCUT2D eigenvalue weighted by Gasteiger charge is 2.30. The summed E-state index contributed by atoms with van der Waals surface area (Å²) in [5.74, 6) is -2.01. The molecule has 0 aromatic heterocycles. The number of nitrogens with one attached hydrogen (secondary N) is 2. The second-order valence-corrected chi connectivity index (χ2v) is 11.8. The van der Waals surface area contributed by atoms with Gasteiger partial charge in [-0.3, -0.25) is 9.69 Å². The number of alkyl halides is 3. The number of rotatable bonds is 11. The third kappa shape index (κ3) is 9.14. The Morgan fingerprint density at radius 2 is 1.57 bits per heavy atom. The number of aliphatic hydroxyl groups excluding tert-OH is 1. The van der Waals surface area contributed by atoms with Crippen LogP contribution < -0.4 is 15.5 Å². The summed E-state index contributed by atoms with van der Waals surface area (Å²) in [5, 5.41) is 23.6. The SMILES string of the molecule is O=C(NC[C@@H](O)C(=O)O)c1ccc(CN(C(=O)NCc2ccccc2-c2cccc(C(F)(F)F)c2)c2ccc(C3=CCCCC3)cc2)cc1. The van der Waals surface area contributed by atoms with Crippen LogP contribution in [0.25, 0.3) is 16.7 Å². The van der Waals surface area contributed by atoms with E-state index < -0.39 is 42.3 Å². The Hall–Kier alpha value is -5.42. The van der Waals surface area contributed by atoms with E-state index in [0.29, 0.717) is 27.9 Å². The van der Waals surface area contributed by atoms with Crippen LogP contribution >= 0.6 is 0 Å². The van der Waals surface area contributed by atoms with Gasteiger partial charge in [-0.2, -0.15) is 13.2 Å². The molecule has 1 aliphatic carbocycles. The van der Waals surface area contributed by atoms with Crippen LogP contribution in [0.15, 0.2) is 103 Å². The number of carboxylic acid groups (broad SMARTS) is 1. The maximum Gasteiger partial charge on any atom is 0.416 e. The van der Waals surface area contributed by atoms with E-state index in [1.54, 1.807) is 47.4 Å². The first-order valence-corrected chi connectivity index (χ1v) is 15.9. The molecule has 1 atom stereocenters. The fourth-order valence-corrected chi connectivity index (χ4v) is 5.64. The number of halogens is 3. The van der Waals surface area contributed by atoms with Gasteiger partial charge < -0.3 is 20.8 Å². The molecule has 0 spiro atoms. The van der Waals surface area contributed by atoms with Crippen molar-refractivity contribution in [2.24, 2.45) is 0 Å². The Morgan fingerprint density at radius 1 is 0.837 bits per heavy atom. The topological polar surface area (TPSA) is 119 Å². The van der Waals surface area contributed by atoms with Gasteiger partial charge in [-0.25, -0.2) is 9.59 Å². The van der Waals surface area contributed by atoms with Crippen LogP contribution in [0.5, 0.6) is 0 Å². The molecule has 49 heavy (non-hydrogen) atoms. The van der Waals surface area contributed by atoms with Gasteiger partial charge in [0, 0.05) is 17.8 Å². The molecular formula is C38H36F3N3O5. The first-order valence-electron chi connectivity index (χ1n) is 15.9. The van der Waals surface area contributed by atoms with Crippen LogP contribution in [0.4, 0.5) is 23.7 Å². The number of aliphatic carboxylic acids is 1. The van der Waals surface area contributed by atoms with Gasteiger partial charge >= 0.3 is 18.2 Å². The van der Waals surface area contributed by atoms with Crippen molar-refractivity contribution < 1.29 is 37.8 Å². The number of carbonyl (C=O) groups is 3. The fraction of sp³-hybridized carbons (Fsp3) is 0.237. The van der Waals surface area contributed by atoms with E-state index in [-0.39, 0.29) is 18.7 Å². The van der Waals surface area contributed by atoms with Crippen molar-refractivity contribution in [1.82, 2.24) is 10.6 Å². The normalized spacial score (nSPS) is 13.6. The average molecular weight is 672 g/mol. The van der Waals surface area contributed by atoms with Crippen LogP contribution in [-0.2, 0) is 24.1 Å². The molecule has 11 heteroatoms. The minimum Gasteiger partial charge on any atom is -0.479 e. The molecule has 1 aliphatic rings. The Balaban J connectivity index is 1.36. The standard InChI is InChI=1S/C38H36F3N3O5/c39-38(40,41)31-11-6-10-29(21-31)33-12-5-4-9-30(33)22-43-37(49)44(32-19-17-27(18-20-32)26-7-2-1-3-8-26)24-25-13-15-28(16-14-25)35(46)42-23-34(45)36(47)48/h4-7,9-21,34,45H,1-3,8,22-24H2,(H,42,46)(H,43,49)(H,47,48)/t34-/m1/s1. The van der Waals surface area contributed by atoms with Crippen molar-refractivity contribution in [2.75, 3.05) is 11.4 Å². The molecule has 8 nitrogen and oxygen atoms in total. The highest BCUT2D eigenvalue weighted by atomic mass is 19.4. The lowest BCUT2D eigenvalue weighted by molar-refractivity contribution is -0.146. The number of urea groups is 1. The summed E-state index contributed by atoms with van der Waals surface area (Å²) >= 11 is 0. The van der Waals surface area contributed by atoms with E-state index in [1.165, 1.54) is 23.8 Å². The molecule has 4 aromatic carbocycles. The third-order valence-electron chi connectivity index (χ3n) is 8.33. The largest absolute Gasteiger partial charge is 0.479 e. The number of hydrogen-bond acceptors (Lipinski definition) is 4. The lowest BCUT2D eigenvalue weighted by Crippen LogP contribution is -2.39. The number of carbonyl (C=O) groups excluding carboxylic acids is 2. The molecular weight excluding hydrogens is 635 g/mol. The molecule has 3 amide bonds. The highest BCUT2D eigenvalue weighted by molar-refractivity contribution is 5.95. The summed E-state index contributed by atoms with van der Waals surface area (Å²) in [6.07, 6.45) is 0.327. The maximum absolute atomic E-state index is 13.8. The van der Waals surface area contributed by atoms with Gasteiger partial charge in [0.15, 0.2) is 6.10 Å². The molecule has 4 N–H and O–H groups in total. The predicted octanol–water partition coefficient (Wildman–Crippen LogP) is 7.42. The summed E-state index contributed by atoms with van der Waals surface area (Å²) in [7, 11) is 0. The molecule has 4 aromatic rings. The average Bonchev–Trinajstić information content (AvgIpc) is 3.12. The van der Waals surface area contributed by atoms with Gasteiger partial charge in [-0.15, -0.1) is 0 Å². The van der Waals surface area contributed by atoms with E-state index in [9.17, 15) is 32.7 Å². The fourth-order valence-electron chi connectivity index (χ4n) is 5.64. The van der Waals surface area contributed by atoms with E-state index in [2.05, 4.69) is 16.7 Å². The van der Waals surface area contributed by atoms with E-state index in [4.69, 9.17) is 5.11 Å². The summed E-state index contributed by atoms with van der Waals surface area (Å²) < 4.78 is 40.3. The molecule has 0 heterocycles. The van der Waals surface area contributed by atoms with Crippen molar-refractivity contribution in [2.45, 2.75) is 51.1 Å². The molecule has 0 unspecified atom stereocenters. The van der Waals surface area contributed by atoms with Crippen LogP contribution in [0.1, 0.15) is 58.3 Å². The van der Waals surface area contributed by atoms with Gasteiger partial charge in [0.25, 0.3) is 5.91 Å². The number of hydrogen-bond donors (Lipinski definition) is 4. The van der Waals surface area contributed by atoms with E-state index in [0.717, 1.165) is 43.4 Å². The van der Waals surface area contributed by atoms with Gasteiger partial charge in [0.05, 0.1) is 18.7 Å². The van der Waals surface area contributed by atoms with Crippen molar-refractivity contribution in [1.29, 1.82) is 0 Å². The minimum absolute atomic E-state index is 0.0496. The monoisotopic (exact) mass is 671 g/mol. The van der Waals surface area contributed by atoms with Crippen molar-refractivity contribution in [3.8, 4) is 11.1 Å². The number of aliphatic hydroxyl groups is 1. The molecule has 0 fully saturated rings. The second-order valence-electron chi connectivity index (χ2n) is 11.8. The predicted molar refractivity (Wildman–Crippen MR) is 181 cm³/mol. The summed E-state index contributed by atoms with van der Waals surface area (Å²) in [5.41, 5.74) is 4.73. The number of benzene rings is 4. The lowest BCUT2D eigenvalue weighted by Gasteiger charge is -2.25. The summed E-state index contributed by atoms with van der Waals surface area (Å²) in [6.45, 7) is -0.273. The smallest absolute Gasteiger partial charge is 0.416 e. The first kappa shape index (κ1) is 34.9. The Bertz CT molecular complexity index is 1820. The molecule has 0 aliphatic heterocycles. The van der Waals surface area contributed by atoms with Gasteiger partial charge in [0.1, 0.15) is 0 Å². The molecule has 0 saturated carbocycles. The van der Waals surface area contributed by atoms with Crippen LogP contribution in [0.3, 0.4) is 0 Å². The molecule has 254 valence electrons. The second kappa shape index (κ2) is 15.7. The molecule has 5 rings (SSSR count). The van der Waals surface area contributed by atoms with Crippen LogP contribution in [0, 0.1) is 0 Å². The summed E-state index contributed by atoms with van der Waals surface area (Å²) in [4.78, 5) is 38.7. The van der Waals surface area contributed by atoms with Gasteiger partial charge in [-0.1, -0.05) is 66.7 Å². The minimum atomic E-state index is -4.49. The number of amides is 3. The van der Waals surface area contributed by atoms with Crippen molar-refractivity contribution >= 4 is 29.2 Å². The quantitative estimate of drug-likeness (QED) is 0.132. The van der Waals surface area contributed by atoms with Gasteiger partial charge in [-0.05, 0) is 95.5 Å². The molecule has 0 bridgehead atoms.